The number of rotatable bonds is 9. The number of amides is 1. The third-order valence-corrected chi connectivity index (χ3v) is 5.63. The summed E-state index contributed by atoms with van der Waals surface area (Å²) in [7, 11) is 0. The van der Waals surface area contributed by atoms with Crippen LogP contribution < -0.4 is 0 Å². The van der Waals surface area contributed by atoms with E-state index < -0.39 is 0 Å². The number of carbonyl (C=O) groups is 2. The minimum absolute atomic E-state index is 0.185. The molecule has 1 aliphatic rings. The molecular weight excluding hydrogens is 338 g/mol. The van der Waals surface area contributed by atoms with E-state index in [1.165, 1.54) is 24.0 Å². The van der Waals surface area contributed by atoms with Crippen LogP contribution in [0.3, 0.4) is 0 Å². The fourth-order valence-corrected chi connectivity index (χ4v) is 4.02. The molecule has 27 heavy (non-hydrogen) atoms. The van der Waals surface area contributed by atoms with Crippen LogP contribution in [0.25, 0.3) is 0 Å². The van der Waals surface area contributed by atoms with Crippen molar-refractivity contribution in [2.75, 3.05) is 13.2 Å². The molecule has 0 radical (unpaired) electrons. The van der Waals surface area contributed by atoms with Crippen LogP contribution in [0, 0.1) is 12.8 Å². The molecule has 1 saturated carbocycles. The summed E-state index contributed by atoms with van der Waals surface area (Å²) in [6.45, 7) is 7.01. The van der Waals surface area contributed by atoms with Gasteiger partial charge in [-0.1, -0.05) is 49.6 Å². The third kappa shape index (κ3) is 7.00. The van der Waals surface area contributed by atoms with Gasteiger partial charge in [-0.2, -0.15) is 0 Å². The van der Waals surface area contributed by atoms with Crippen molar-refractivity contribution >= 4 is 11.9 Å². The Labute approximate surface area is 164 Å². The molecule has 0 aliphatic heterocycles. The van der Waals surface area contributed by atoms with Gasteiger partial charge < -0.3 is 9.64 Å². The summed E-state index contributed by atoms with van der Waals surface area (Å²) >= 11 is 0. The van der Waals surface area contributed by atoms with Crippen LogP contribution in [0.2, 0.25) is 0 Å². The quantitative estimate of drug-likeness (QED) is 0.591. The fraction of sp³-hybridized carbons (Fsp3) is 0.652. The average Bonchev–Trinajstić information content (AvgIpc) is 2.65. The van der Waals surface area contributed by atoms with Gasteiger partial charge in [0, 0.05) is 19.0 Å². The summed E-state index contributed by atoms with van der Waals surface area (Å²) in [6, 6.07) is 8.78. The predicted molar refractivity (Wildman–Crippen MR) is 109 cm³/mol. The van der Waals surface area contributed by atoms with Crippen LogP contribution in [0.5, 0.6) is 0 Å². The van der Waals surface area contributed by atoms with Crippen molar-refractivity contribution in [2.45, 2.75) is 78.2 Å². The van der Waals surface area contributed by atoms with Crippen molar-refractivity contribution in [2.24, 2.45) is 5.92 Å². The van der Waals surface area contributed by atoms with Crippen molar-refractivity contribution in [3.05, 3.63) is 35.4 Å². The molecule has 1 aromatic rings. The number of ether oxygens (including phenoxy) is 1. The summed E-state index contributed by atoms with van der Waals surface area (Å²) in [4.78, 5) is 26.8. The maximum absolute atomic E-state index is 13.0. The van der Waals surface area contributed by atoms with Gasteiger partial charge >= 0.3 is 5.97 Å². The third-order valence-electron chi connectivity index (χ3n) is 5.63. The number of hydrogen-bond donors (Lipinski definition) is 0. The zero-order valence-electron chi connectivity index (χ0n) is 17.2. The van der Waals surface area contributed by atoms with E-state index in [-0.39, 0.29) is 17.9 Å². The van der Waals surface area contributed by atoms with E-state index in [0.29, 0.717) is 31.9 Å². The van der Waals surface area contributed by atoms with E-state index >= 15 is 0 Å². The molecule has 150 valence electrons. The number of aryl methyl sites for hydroxylation is 2. The van der Waals surface area contributed by atoms with Gasteiger partial charge in [0.25, 0.3) is 0 Å². The lowest BCUT2D eigenvalue weighted by Gasteiger charge is -2.38. The summed E-state index contributed by atoms with van der Waals surface area (Å²) in [5.74, 6) is 0.477. The van der Waals surface area contributed by atoms with Crippen molar-refractivity contribution in [1.82, 2.24) is 4.90 Å². The summed E-state index contributed by atoms with van der Waals surface area (Å²) < 4.78 is 5.06. The van der Waals surface area contributed by atoms with Gasteiger partial charge in [0.2, 0.25) is 5.91 Å². The first-order chi connectivity index (χ1) is 13.0. The molecule has 0 aromatic heterocycles. The Morgan fingerprint density at radius 1 is 1.11 bits per heavy atom. The molecule has 1 aromatic carbocycles. The molecule has 0 heterocycles. The molecule has 0 N–H and O–H groups in total. The minimum atomic E-state index is -0.210. The zero-order chi connectivity index (χ0) is 19.6. The van der Waals surface area contributed by atoms with E-state index in [1.807, 2.05) is 11.8 Å². The van der Waals surface area contributed by atoms with E-state index in [1.54, 1.807) is 0 Å². The first-order valence-corrected chi connectivity index (χ1v) is 10.5. The van der Waals surface area contributed by atoms with E-state index in [0.717, 1.165) is 25.7 Å². The number of benzene rings is 1. The standard InChI is InChI=1S/C23H35NO3/c1-4-27-23(26)16-17-24(21-10-6-5-8-19(21)3)22(25)11-7-9-20-14-12-18(2)13-15-20/h12-15,19,21H,4-11,16-17H2,1-3H3. The van der Waals surface area contributed by atoms with Crippen LogP contribution in [-0.4, -0.2) is 36.0 Å². The van der Waals surface area contributed by atoms with Crippen LogP contribution >= 0.6 is 0 Å². The van der Waals surface area contributed by atoms with Crippen molar-refractivity contribution in [3.63, 3.8) is 0 Å². The number of esters is 1. The summed E-state index contributed by atoms with van der Waals surface area (Å²) in [5.41, 5.74) is 2.53. The Bertz CT molecular complexity index is 596. The predicted octanol–water partition coefficient (Wildman–Crippen LogP) is 4.68. The second-order valence-electron chi connectivity index (χ2n) is 7.81. The molecule has 4 nitrogen and oxygen atoms in total. The first-order valence-electron chi connectivity index (χ1n) is 10.5. The fourth-order valence-electron chi connectivity index (χ4n) is 4.02. The monoisotopic (exact) mass is 373 g/mol. The lowest BCUT2D eigenvalue weighted by Crippen LogP contribution is -2.46. The highest BCUT2D eigenvalue weighted by Crippen LogP contribution is 2.29. The number of hydrogen-bond acceptors (Lipinski definition) is 3. The molecule has 2 unspecified atom stereocenters. The molecule has 0 bridgehead atoms. The lowest BCUT2D eigenvalue weighted by molar-refractivity contribution is -0.145. The Kier molecular flexibility index (Phi) is 8.83. The molecule has 1 aliphatic carbocycles. The van der Waals surface area contributed by atoms with Crippen LogP contribution in [-0.2, 0) is 20.7 Å². The van der Waals surface area contributed by atoms with Gasteiger partial charge in [0.15, 0.2) is 0 Å². The molecule has 0 spiro atoms. The Hall–Kier alpha value is -1.84. The molecular formula is C23H35NO3. The highest BCUT2D eigenvalue weighted by Gasteiger charge is 2.30. The van der Waals surface area contributed by atoms with Gasteiger partial charge in [0.05, 0.1) is 13.0 Å². The van der Waals surface area contributed by atoms with Crippen LogP contribution in [0.15, 0.2) is 24.3 Å². The van der Waals surface area contributed by atoms with Gasteiger partial charge in [-0.3, -0.25) is 9.59 Å². The summed E-state index contributed by atoms with van der Waals surface area (Å²) in [5, 5.41) is 0. The molecule has 4 heteroatoms. The first kappa shape index (κ1) is 21.5. The zero-order valence-corrected chi connectivity index (χ0v) is 17.2. The molecule has 0 saturated heterocycles. The van der Waals surface area contributed by atoms with Gasteiger partial charge in [-0.15, -0.1) is 0 Å². The SMILES string of the molecule is CCOC(=O)CCN(C(=O)CCCc1ccc(C)cc1)C1CCCCC1C. The maximum Gasteiger partial charge on any atom is 0.307 e. The van der Waals surface area contributed by atoms with Crippen molar-refractivity contribution < 1.29 is 14.3 Å². The van der Waals surface area contributed by atoms with Gasteiger partial charge in [-0.05, 0) is 51.0 Å². The minimum Gasteiger partial charge on any atom is -0.466 e. The Balaban J connectivity index is 1.92. The van der Waals surface area contributed by atoms with E-state index in [2.05, 4.69) is 38.1 Å². The number of nitrogens with zero attached hydrogens (tertiary/aromatic N) is 1. The van der Waals surface area contributed by atoms with E-state index in [9.17, 15) is 9.59 Å². The molecule has 1 fully saturated rings. The largest absolute Gasteiger partial charge is 0.466 e. The van der Waals surface area contributed by atoms with Crippen molar-refractivity contribution in [3.8, 4) is 0 Å². The highest BCUT2D eigenvalue weighted by atomic mass is 16.5. The Morgan fingerprint density at radius 2 is 1.81 bits per heavy atom. The molecule has 2 atom stereocenters. The highest BCUT2D eigenvalue weighted by molar-refractivity contribution is 5.77. The Morgan fingerprint density at radius 3 is 2.48 bits per heavy atom. The second-order valence-corrected chi connectivity index (χ2v) is 7.81. The van der Waals surface area contributed by atoms with Gasteiger partial charge in [-0.25, -0.2) is 0 Å². The van der Waals surface area contributed by atoms with Crippen LogP contribution in [0.1, 0.15) is 69.9 Å². The topological polar surface area (TPSA) is 46.6 Å². The van der Waals surface area contributed by atoms with Gasteiger partial charge in [0.1, 0.15) is 0 Å². The maximum atomic E-state index is 13.0. The summed E-state index contributed by atoms with van der Waals surface area (Å²) in [6.07, 6.45) is 7.22. The molecule has 1 amide bonds. The molecule has 2 rings (SSSR count). The smallest absolute Gasteiger partial charge is 0.307 e. The number of carbonyl (C=O) groups excluding carboxylic acids is 2. The van der Waals surface area contributed by atoms with Crippen LogP contribution in [0.4, 0.5) is 0 Å². The van der Waals surface area contributed by atoms with E-state index in [4.69, 9.17) is 4.74 Å². The normalized spacial score (nSPS) is 19.5. The van der Waals surface area contributed by atoms with Crippen molar-refractivity contribution in [1.29, 1.82) is 0 Å². The average molecular weight is 374 g/mol. The lowest BCUT2D eigenvalue weighted by atomic mass is 9.84. The second kappa shape index (κ2) is 11.1.